The van der Waals surface area contributed by atoms with E-state index in [1.807, 2.05) is 4.90 Å². The maximum atomic E-state index is 12.8. The molecule has 0 aliphatic carbocycles. The lowest BCUT2D eigenvalue weighted by atomic mass is 10.1. The predicted molar refractivity (Wildman–Crippen MR) is 103 cm³/mol. The zero-order valence-electron chi connectivity index (χ0n) is 15.6. The lowest BCUT2D eigenvalue weighted by Gasteiger charge is -2.35. The Kier molecular flexibility index (Phi) is 6.08. The van der Waals surface area contributed by atoms with Crippen molar-refractivity contribution in [3.05, 3.63) is 65.2 Å². The molecule has 0 bridgehead atoms. The van der Waals surface area contributed by atoms with Gasteiger partial charge in [0.15, 0.2) is 6.61 Å². The largest absolute Gasteiger partial charge is 0.484 e. The van der Waals surface area contributed by atoms with Gasteiger partial charge in [-0.05, 0) is 30.7 Å². The third kappa shape index (κ3) is 5.31. The minimum absolute atomic E-state index is 0.0188. The number of nitrogens with zero attached hydrogens (tertiary/aromatic N) is 2. The van der Waals surface area contributed by atoms with E-state index < -0.39 is 5.91 Å². The number of hydrogen-bond acceptors (Lipinski definition) is 4. The molecular weight excluding hydrogens is 342 g/mol. The molecule has 1 aliphatic heterocycles. The standard InChI is InChI=1S/C21H25N3O3/c1-16-4-2-5-17(12-16)14-23-8-10-24(11-9-23)21(26)18-6-3-7-19(13-18)27-15-20(22)25/h2-7,12-13H,8-11,14-15H2,1H3,(H2,22,25). The van der Waals surface area contributed by atoms with E-state index >= 15 is 0 Å². The van der Waals surface area contributed by atoms with Crippen molar-refractivity contribution >= 4 is 11.8 Å². The number of aryl methyl sites for hydroxylation is 1. The molecular formula is C21H25N3O3. The van der Waals surface area contributed by atoms with Crippen molar-refractivity contribution in [1.29, 1.82) is 0 Å². The summed E-state index contributed by atoms with van der Waals surface area (Å²) in [5.74, 6) is -0.0936. The van der Waals surface area contributed by atoms with Gasteiger partial charge in [0.1, 0.15) is 5.75 Å². The molecule has 0 spiro atoms. The highest BCUT2D eigenvalue weighted by molar-refractivity contribution is 5.94. The molecule has 1 fully saturated rings. The Balaban J connectivity index is 1.55. The number of amides is 2. The Hall–Kier alpha value is -2.86. The first-order valence-electron chi connectivity index (χ1n) is 9.09. The lowest BCUT2D eigenvalue weighted by Crippen LogP contribution is -2.48. The third-order valence-corrected chi connectivity index (χ3v) is 4.61. The summed E-state index contributed by atoms with van der Waals surface area (Å²) < 4.78 is 5.29. The summed E-state index contributed by atoms with van der Waals surface area (Å²) in [6.45, 7) is 5.87. The molecule has 1 heterocycles. The second-order valence-electron chi connectivity index (χ2n) is 6.84. The Morgan fingerprint density at radius 2 is 1.78 bits per heavy atom. The molecule has 142 valence electrons. The minimum atomic E-state index is -0.545. The number of carbonyl (C=O) groups excluding carboxylic acids is 2. The van der Waals surface area contributed by atoms with Gasteiger partial charge in [-0.1, -0.05) is 35.9 Å². The normalized spacial score (nSPS) is 14.8. The summed E-state index contributed by atoms with van der Waals surface area (Å²) in [4.78, 5) is 27.8. The highest BCUT2D eigenvalue weighted by atomic mass is 16.5. The monoisotopic (exact) mass is 367 g/mol. The van der Waals surface area contributed by atoms with Crippen LogP contribution < -0.4 is 10.5 Å². The maximum absolute atomic E-state index is 12.8. The first kappa shape index (κ1) is 18.9. The summed E-state index contributed by atoms with van der Waals surface area (Å²) in [5.41, 5.74) is 8.21. The van der Waals surface area contributed by atoms with Crippen LogP contribution in [0.4, 0.5) is 0 Å². The van der Waals surface area contributed by atoms with Crippen molar-refractivity contribution in [2.45, 2.75) is 13.5 Å². The number of ether oxygens (including phenoxy) is 1. The van der Waals surface area contributed by atoms with Gasteiger partial charge in [-0.2, -0.15) is 0 Å². The van der Waals surface area contributed by atoms with Gasteiger partial charge < -0.3 is 15.4 Å². The Morgan fingerprint density at radius 3 is 2.48 bits per heavy atom. The number of rotatable bonds is 6. The van der Waals surface area contributed by atoms with E-state index in [9.17, 15) is 9.59 Å². The lowest BCUT2D eigenvalue weighted by molar-refractivity contribution is -0.119. The number of hydrogen-bond donors (Lipinski definition) is 1. The van der Waals surface area contributed by atoms with Crippen molar-refractivity contribution in [2.75, 3.05) is 32.8 Å². The van der Waals surface area contributed by atoms with Crippen LogP contribution in [0, 0.1) is 6.92 Å². The van der Waals surface area contributed by atoms with E-state index in [0.717, 1.165) is 19.6 Å². The van der Waals surface area contributed by atoms with Crippen molar-refractivity contribution in [3.63, 3.8) is 0 Å². The number of primary amides is 1. The van der Waals surface area contributed by atoms with Crippen LogP contribution in [0.5, 0.6) is 5.75 Å². The number of carbonyl (C=O) groups is 2. The van der Waals surface area contributed by atoms with Gasteiger partial charge in [0, 0.05) is 38.3 Å². The smallest absolute Gasteiger partial charge is 0.255 e. The average Bonchev–Trinajstić information content (AvgIpc) is 2.67. The van der Waals surface area contributed by atoms with Gasteiger partial charge in [0.25, 0.3) is 11.8 Å². The van der Waals surface area contributed by atoms with Crippen LogP contribution in [-0.4, -0.2) is 54.4 Å². The van der Waals surface area contributed by atoms with Gasteiger partial charge >= 0.3 is 0 Å². The number of nitrogens with two attached hydrogens (primary N) is 1. The molecule has 2 amide bonds. The van der Waals surface area contributed by atoms with E-state index in [-0.39, 0.29) is 12.5 Å². The molecule has 0 atom stereocenters. The molecule has 1 saturated heterocycles. The summed E-state index contributed by atoms with van der Waals surface area (Å²) in [6.07, 6.45) is 0. The van der Waals surface area contributed by atoms with Gasteiger partial charge in [-0.15, -0.1) is 0 Å². The quantitative estimate of drug-likeness (QED) is 0.845. The van der Waals surface area contributed by atoms with E-state index in [0.29, 0.717) is 24.4 Å². The van der Waals surface area contributed by atoms with E-state index in [1.165, 1.54) is 11.1 Å². The summed E-state index contributed by atoms with van der Waals surface area (Å²) >= 11 is 0. The molecule has 0 saturated carbocycles. The molecule has 2 N–H and O–H groups in total. The molecule has 0 aromatic heterocycles. The fourth-order valence-corrected chi connectivity index (χ4v) is 3.23. The zero-order chi connectivity index (χ0) is 19.2. The van der Waals surface area contributed by atoms with Crippen molar-refractivity contribution in [3.8, 4) is 5.75 Å². The molecule has 0 unspecified atom stereocenters. The van der Waals surface area contributed by atoms with Crippen LogP contribution in [0.25, 0.3) is 0 Å². The molecule has 6 nitrogen and oxygen atoms in total. The number of benzene rings is 2. The van der Waals surface area contributed by atoms with Crippen LogP contribution in [0.1, 0.15) is 21.5 Å². The third-order valence-electron chi connectivity index (χ3n) is 4.61. The molecule has 3 rings (SSSR count). The summed E-state index contributed by atoms with van der Waals surface area (Å²) in [7, 11) is 0. The topological polar surface area (TPSA) is 75.9 Å². The minimum Gasteiger partial charge on any atom is -0.484 e. The second kappa shape index (κ2) is 8.68. The zero-order valence-corrected chi connectivity index (χ0v) is 15.6. The highest BCUT2D eigenvalue weighted by Gasteiger charge is 2.22. The van der Waals surface area contributed by atoms with Crippen LogP contribution in [0.2, 0.25) is 0 Å². The Labute approximate surface area is 159 Å². The average molecular weight is 367 g/mol. The van der Waals surface area contributed by atoms with Gasteiger partial charge in [0.2, 0.25) is 0 Å². The number of piperazine rings is 1. The molecule has 27 heavy (non-hydrogen) atoms. The van der Waals surface area contributed by atoms with Crippen molar-refractivity contribution in [2.24, 2.45) is 5.73 Å². The van der Waals surface area contributed by atoms with Gasteiger partial charge in [0.05, 0.1) is 0 Å². The Bertz CT molecular complexity index is 814. The molecule has 2 aromatic rings. The van der Waals surface area contributed by atoms with Crippen LogP contribution >= 0.6 is 0 Å². The summed E-state index contributed by atoms with van der Waals surface area (Å²) in [5, 5.41) is 0. The summed E-state index contributed by atoms with van der Waals surface area (Å²) in [6, 6.07) is 15.4. The van der Waals surface area contributed by atoms with Gasteiger partial charge in [-0.3, -0.25) is 14.5 Å². The fraction of sp³-hybridized carbons (Fsp3) is 0.333. The molecule has 0 radical (unpaired) electrons. The molecule has 6 heteroatoms. The van der Waals surface area contributed by atoms with E-state index in [4.69, 9.17) is 10.5 Å². The Morgan fingerprint density at radius 1 is 1.04 bits per heavy atom. The van der Waals surface area contributed by atoms with Gasteiger partial charge in [-0.25, -0.2) is 0 Å². The van der Waals surface area contributed by atoms with Crippen LogP contribution in [0.3, 0.4) is 0 Å². The van der Waals surface area contributed by atoms with Crippen molar-refractivity contribution < 1.29 is 14.3 Å². The first-order chi connectivity index (χ1) is 13.0. The van der Waals surface area contributed by atoms with Crippen molar-refractivity contribution in [1.82, 2.24) is 9.80 Å². The molecule has 1 aliphatic rings. The first-order valence-corrected chi connectivity index (χ1v) is 9.09. The van der Waals surface area contributed by atoms with Crippen LogP contribution in [0.15, 0.2) is 48.5 Å². The highest BCUT2D eigenvalue weighted by Crippen LogP contribution is 2.17. The maximum Gasteiger partial charge on any atom is 0.255 e. The van der Waals surface area contributed by atoms with E-state index in [2.05, 4.69) is 36.1 Å². The van der Waals surface area contributed by atoms with Crippen LogP contribution in [-0.2, 0) is 11.3 Å². The predicted octanol–water partition coefficient (Wildman–Crippen LogP) is 1.82. The fourth-order valence-electron chi connectivity index (χ4n) is 3.23. The van der Waals surface area contributed by atoms with E-state index in [1.54, 1.807) is 24.3 Å². The SMILES string of the molecule is Cc1cccc(CN2CCN(C(=O)c3cccc(OCC(N)=O)c3)CC2)c1. The second-order valence-corrected chi connectivity index (χ2v) is 6.84. The molecule has 2 aromatic carbocycles.